The number of methoxy groups -OCH3 is 2. The maximum atomic E-state index is 16.1. The van der Waals surface area contributed by atoms with Crippen molar-refractivity contribution in [3.8, 4) is 17.2 Å². The highest BCUT2D eigenvalue weighted by Crippen LogP contribution is 2.34. The van der Waals surface area contributed by atoms with Crippen LogP contribution in [0.25, 0.3) is 16.6 Å². The lowest BCUT2D eigenvalue weighted by Gasteiger charge is -2.23. The molecule has 0 amide bonds. The average molecular weight is 632 g/mol. The number of ether oxygens (including phenoxy) is 2. The molecule has 0 bridgehead atoms. The Balaban J connectivity index is 1.67. The molecule has 0 aliphatic rings. The number of fused-ring (bicyclic) bond motifs is 1. The smallest absolute Gasteiger partial charge is 0.268 e. The van der Waals surface area contributed by atoms with E-state index in [0.717, 1.165) is 27.1 Å². The fraction of sp³-hybridized carbons (Fsp3) is 0.111. The summed E-state index contributed by atoms with van der Waals surface area (Å²) in [6.07, 6.45) is 1.20. The summed E-state index contributed by atoms with van der Waals surface area (Å²) in [6.45, 7) is -0.189. The van der Waals surface area contributed by atoms with Crippen molar-refractivity contribution in [3.05, 3.63) is 105 Å². The Kier molecular flexibility index (Phi) is 7.34. The van der Waals surface area contributed by atoms with Crippen LogP contribution in [0.5, 0.6) is 11.5 Å². The van der Waals surface area contributed by atoms with Crippen LogP contribution in [0, 0.1) is 11.6 Å². The average Bonchev–Trinajstić information content (AvgIpc) is 3.48. The van der Waals surface area contributed by atoms with Crippen molar-refractivity contribution < 1.29 is 31.2 Å². The molecule has 0 atom stereocenters. The van der Waals surface area contributed by atoms with E-state index in [1.165, 1.54) is 44.7 Å². The van der Waals surface area contributed by atoms with Crippen LogP contribution >= 0.6 is 15.9 Å². The van der Waals surface area contributed by atoms with E-state index in [2.05, 4.69) is 21.1 Å². The molecule has 9 nitrogen and oxygen atoms in total. The molecule has 3 aromatic carbocycles. The summed E-state index contributed by atoms with van der Waals surface area (Å²) >= 11 is 3.07. The van der Waals surface area contributed by atoms with Gasteiger partial charge in [-0.05, 0) is 57.9 Å². The third-order valence-electron chi connectivity index (χ3n) is 6.17. The van der Waals surface area contributed by atoms with Gasteiger partial charge in [-0.2, -0.15) is 0 Å². The summed E-state index contributed by atoms with van der Waals surface area (Å²) in [6, 6.07) is 15.0. The summed E-state index contributed by atoms with van der Waals surface area (Å²) < 4.78 is 75.6. The second kappa shape index (κ2) is 10.7. The van der Waals surface area contributed by atoms with Crippen LogP contribution in [-0.4, -0.2) is 32.4 Å². The number of rotatable bonds is 8. The first-order valence-corrected chi connectivity index (χ1v) is 13.8. The minimum Gasteiger partial charge on any atom is -0.497 e. The van der Waals surface area contributed by atoms with Crippen molar-refractivity contribution in [1.82, 2.24) is 9.72 Å². The van der Waals surface area contributed by atoms with E-state index >= 15 is 4.39 Å². The van der Waals surface area contributed by atoms with Crippen LogP contribution in [0.4, 0.5) is 14.6 Å². The molecule has 0 aliphatic heterocycles. The zero-order valence-electron chi connectivity index (χ0n) is 21.0. The number of aromatic nitrogens is 2. The highest BCUT2D eigenvalue weighted by atomic mass is 79.9. The Bertz CT molecular complexity index is 1880. The summed E-state index contributed by atoms with van der Waals surface area (Å²) in [5, 5.41) is 3.57. The van der Waals surface area contributed by atoms with Crippen LogP contribution in [0.1, 0.15) is 5.56 Å². The van der Waals surface area contributed by atoms with E-state index in [-0.39, 0.29) is 39.2 Å². The zero-order valence-corrected chi connectivity index (χ0v) is 23.4. The van der Waals surface area contributed by atoms with Crippen molar-refractivity contribution in [2.24, 2.45) is 0 Å². The predicted octanol–water partition coefficient (Wildman–Crippen LogP) is 5.43. The molecule has 0 radical (unpaired) electrons. The molecule has 5 aromatic rings. The molecule has 0 unspecified atom stereocenters. The van der Waals surface area contributed by atoms with Gasteiger partial charge in [0.15, 0.2) is 11.6 Å². The van der Waals surface area contributed by atoms with Gasteiger partial charge in [0.05, 0.1) is 36.4 Å². The molecule has 0 spiro atoms. The number of pyridine rings is 1. The zero-order chi connectivity index (χ0) is 28.6. The first-order chi connectivity index (χ1) is 19.1. The minimum atomic E-state index is -4.55. The Morgan fingerprint density at radius 2 is 1.75 bits per heavy atom. The third-order valence-corrected chi connectivity index (χ3v) is 8.55. The molecule has 2 aromatic heterocycles. The monoisotopic (exact) mass is 631 g/mol. The second-order valence-electron chi connectivity index (χ2n) is 8.47. The molecule has 5 rings (SSSR count). The fourth-order valence-electron chi connectivity index (χ4n) is 4.21. The number of hydrogen-bond donors (Lipinski definition) is 0. The van der Waals surface area contributed by atoms with Crippen molar-refractivity contribution in [2.45, 2.75) is 11.4 Å². The second-order valence-corrected chi connectivity index (χ2v) is 11.2. The van der Waals surface area contributed by atoms with Gasteiger partial charge in [0.1, 0.15) is 28.5 Å². The Morgan fingerprint density at radius 3 is 2.40 bits per heavy atom. The first kappa shape index (κ1) is 27.3. The quantitative estimate of drug-likeness (QED) is 0.225. The van der Waals surface area contributed by atoms with Crippen LogP contribution in [0.15, 0.2) is 91.7 Å². The van der Waals surface area contributed by atoms with E-state index in [1.807, 2.05) is 0 Å². The van der Waals surface area contributed by atoms with Gasteiger partial charge in [-0.25, -0.2) is 21.5 Å². The fourth-order valence-corrected chi connectivity index (χ4v) is 6.00. The molecular weight excluding hydrogens is 612 g/mol. The lowest BCUT2D eigenvalue weighted by Crippen LogP contribution is -2.31. The third kappa shape index (κ3) is 4.82. The number of nitrogens with zero attached hydrogens (tertiary/aromatic N) is 3. The predicted molar refractivity (Wildman–Crippen MR) is 147 cm³/mol. The number of hydrogen-bond acceptors (Lipinski definition) is 7. The molecule has 13 heteroatoms. The minimum absolute atomic E-state index is 0.00659. The summed E-state index contributed by atoms with van der Waals surface area (Å²) in [5.74, 6) is -1.13. The number of halogens is 3. The molecule has 0 N–H and O–H groups in total. The molecule has 40 heavy (non-hydrogen) atoms. The van der Waals surface area contributed by atoms with Gasteiger partial charge in [-0.3, -0.25) is 9.36 Å². The van der Waals surface area contributed by atoms with Gasteiger partial charge in [0, 0.05) is 23.6 Å². The standard InChI is InChI=1S/C27H20BrF2N3O6S/c1-37-17-5-3-16(4-6-17)15-32(25-11-12-39-31-25)40(35,36)24-9-8-21-18(27(24)30)7-10-26(34)33(21)22-14-20(29)19(28)13-23(22)38-2/h3-14H,15H2,1-2H3. The maximum absolute atomic E-state index is 16.1. The molecule has 0 aliphatic carbocycles. The first-order valence-electron chi connectivity index (χ1n) is 11.6. The van der Waals surface area contributed by atoms with E-state index in [9.17, 15) is 17.6 Å². The molecule has 2 heterocycles. The number of sulfonamides is 1. The number of benzene rings is 3. The molecule has 0 fully saturated rings. The van der Waals surface area contributed by atoms with Gasteiger partial charge in [0.2, 0.25) is 0 Å². The summed E-state index contributed by atoms with van der Waals surface area (Å²) in [4.78, 5) is 12.2. The van der Waals surface area contributed by atoms with Gasteiger partial charge in [-0.1, -0.05) is 17.3 Å². The highest BCUT2D eigenvalue weighted by Gasteiger charge is 2.31. The maximum Gasteiger partial charge on any atom is 0.268 e. The SMILES string of the molecule is COc1ccc(CN(c2ccon2)S(=O)(=O)c2ccc3c(ccc(=O)n3-c3cc(F)c(Br)cc3OC)c2F)cc1. The van der Waals surface area contributed by atoms with Crippen molar-refractivity contribution in [3.63, 3.8) is 0 Å². The Labute approximate surface area is 235 Å². The van der Waals surface area contributed by atoms with Gasteiger partial charge < -0.3 is 14.0 Å². The van der Waals surface area contributed by atoms with Crippen LogP contribution in [0.3, 0.4) is 0 Å². The van der Waals surface area contributed by atoms with Crippen LogP contribution < -0.4 is 19.3 Å². The number of anilines is 1. The van der Waals surface area contributed by atoms with E-state index in [4.69, 9.17) is 14.0 Å². The summed E-state index contributed by atoms with van der Waals surface area (Å²) in [7, 11) is -1.70. The van der Waals surface area contributed by atoms with E-state index < -0.39 is 32.1 Å². The van der Waals surface area contributed by atoms with E-state index in [1.54, 1.807) is 24.3 Å². The van der Waals surface area contributed by atoms with Gasteiger partial charge >= 0.3 is 0 Å². The van der Waals surface area contributed by atoms with Crippen LogP contribution in [-0.2, 0) is 16.6 Å². The van der Waals surface area contributed by atoms with Crippen molar-refractivity contribution in [1.29, 1.82) is 0 Å². The normalized spacial score (nSPS) is 11.5. The molecule has 206 valence electrons. The lowest BCUT2D eigenvalue weighted by molar-refractivity contribution is 0.411. The molecule has 0 saturated heterocycles. The Hall–Kier alpha value is -4.23. The van der Waals surface area contributed by atoms with Crippen molar-refractivity contribution >= 4 is 42.7 Å². The largest absolute Gasteiger partial charge is 0.497 e. The van der Waals surface area contributed by atoms with Crippen LogP contribution in [0.2, 0.25) is 0 Å². The van der Waals surface area contributed by atoms with E-state index in [0.29, 0.717) is 11.3 Å². The van der Waals surface area contributed by atoms with Crippen molar-refractivity contribution in [2.75, 3.05) is 18.5 Å². The highest BCUT2D eigenvalue weighted by molar-refractivity contribution is 9.10. The molecule has 0 saturated carbocycles. The lowest BCUT2D eigenvalue weighted by atomic mass is 10.2. The van der Waals surface area contributed by atoms with Gasteiger partial charge in [-0.15, -0.1) is 0 Å². The Morgan fingerprint density at radius 1 is 1.00 bits per heavy atom. The topological polar surface area (TPSA) is 104 Å². The summed E-state index contributed by atoms with van der Waals surface area (Å²) in [5.41, 5.74) is -0.0114. The molecular formula is C27H20BrF2N3O6S. The van der Waals surface area contributed by atoms with Gasteiger partial charge in [0.25, 0.3) is 15.6 Å².